The Hall–Kier alpha value is -0.220. The molecule has 0 amide bonds. The van der Waals surface area contributed by atoms with Gasteiger partial charge in [-0.3, -0.25) is 9.97 Å². The molecule has 0 saturated carbocycles. The minimum absolute atomic E-state index is 0.0582. The van der Waals surface area contributed by atoms with Crippen LogP contribution >= 0.6 is 22.5 Å². The van der Waals surface area contributed by atoms with Gasteiger partial charge in [-0.05, 0) is 13.8 Å². The lowest BCUT2D eigenvalue weighted by molar-refractivity contribution is 0.745. The van der Waals surface area contributed by atoms with Crippen LogP contribution in [0.15, 0.2) is 18.6 Å². The Labute approximate surface area is 75.6 Å². The molecule has 0 saturated heterocycles. The largest absolute Gasteiger partial charge is 0.261 e. The summed E-state index contributed by atoms with van der Waals surface area (Å²) in [7, 11) is 1.47. The van der Waals surface area contributed by atoms with Crippen molar-refractivity contribution in [1.82, 2.24) is 9.97 Å². The summed E-state index contributed by atoms with van der Waals surface area (Å²) in [5.74, 6) is 0. The van der Waals surface area contributed by atoms with Gasteiger partial charge in [-0.25, -0.2) is 0 Å². The number of hydrogen-bond acceptors (Lipinski definition) is 4. The fraction of sp³-hybridized carbons (Fsp3) is 0.429. The van der Waals surface area contributed by atoms with Crippen LogP contribution in [-0.4, -0.2) is 9.97 Å². The number of rotatable bonds is 2. The normalized spacial score (nSPS) is 11.5. The third kappa shape index (κ3) is 2.10. The first-order valence-electron chi connectivity index (χ1n) is 3.26. The van der Waals surface area contributed by atoms with Gasteiger partial charge in [-0.15, -0.1) is 11.7 Å². The molecule has 0 fully saturated rings. The highest BCUT2D eigenvalue weighted by Gasteiger charge is 2.20. The molecule has 11 heavy (non-hydrogen) atoms. The third-order valence-electron chi connectivity index (χ3n) is 1.41. The molecule has 60 valence electrons. The molecule has 4 heteroatoms. The third-order valence-corrected chi connectivity index (χ3v) is 3.44. The van der Waals surface area contributed by atoms with Gasteiger partial charge < -0.3 is 0 Å². The molecule has 0 unspecified atom stereocenters. The fourth-order valence-corrected chi connectivity index (χ4v) is 1.14. The van der Waals surface area contributed by atoms with Crippen LogP contribution in [0.3, 0.4) is 0 Å². The van der Waals surface area contributed by atoms with E-state index in [0.717, 1.165) is 5.69 Å². The molecule has 0 aromatic carbocycles. The van der Waals surface area contributed by atoms with E-state index in [4.69, 9.17) is 0 Å². The molecule has 0 aliphatic rings. The lowest BCUT2D eigenvalue weighted by Gasteiger charge is -2.18. The van der Waals surface area contributed by atoms with Crippen LogP contribution < -0.4 is 0 Å². The Kier molecular flexibility index (Phi) is 2.78. The van der Waals surface area contributed by atoms with Crippen molar-refractivity contribution in [2.45, 2.75) is 18.6 Å². The molecule has 0 spiro atoms. The fourth-order valence-electron chi connectivity index (χ4n) is 0.657. The number of thiol groups is 1. The van der Waals surface area contributed by atoms with Crippen LogP contribution in [0.4, 0.5) is 0 Å². The Bertz CT molecular complexity index is 223. The Morgan fingerprint density at radius 1 is 1.45 bits per heavy atom. The molecule has 1 rings (SSSR count). The minimum atomic E-state index is -0.0582. The van der Waals surface area contributed by atoms with Gasteiger partial charge in [0.2, 0.25) is 0 Å². The second kappa shape index (κ2) is 3.45. The second-order valence-electron chi connectivity index (χ2n) is 2.69. The van der Waals surface area contributed by atoms with E-state index >= 15 is 0 Å². The van der Waals surface area contributed by atoms with Crippen LogP contribution in [-0.2, 0) is 4.75 Å². The highest BCUT2D eigenvalue weighted by Crippen LogP contribution is 2.35. The summed E-state index contributed by atoms with van der Waals surface area (Å²) in [4.78, 5) is 8.18. The summed E-state index contributed by atoms with van der Waals surface area (Å²) in [5.41, 5.74) is 0.958. The smallest absolute Gasteiger partial charge is 0.0750 e. The van der Waals surface area contributed by atoms with Crippen molar-refractivity contribution >= 4 is 22.5 Å². The Morgan fingerprint density at radius 3 is 2.64 bits per heavy atom. The number of hydrogen-bond donors (Lipinski definition) is 1. The summed E-state index contributed by atoms with van der Waals surface area (Å²) >= 11 is 4.16. The molecule has 0 radical (unpaired) electrons. The van der Waals surface area contributed by atoms with Crippen LogP contribution in [0, 0.1) is 0 Å². The van der Waals surface area contributed by atoms with Gasteiger partial charge >= 0.3 is 0 Å². The maximum absolute atomic E-state index is 4.19. The van der Waals surface area contributed by atoms with Crippen LogP contribution in [0.1, 0.15) is 19.5 Å². The maximum Gasteiger partial charge on any atom is 0.0750 e. The highest BCUT2D eigenvalue weighted by molar-refractivity contribution is 8.68. The Balaban J connectivity index is 2.93. The lowest BCUT2D eigenvalue weighted by atomic mass is 10.1. The monoisotopic (exact) mass is 186 g/mol. The molecule has 1 aromatic rings. The van der Waals surface area contributed by atoms with E-state index in [1.165, 1.54) is 10.8 Å². The van der Waals surface area contributed by atoms with Crippen molar-refractivity contribution in [2.24, 2.45) is 0 Å². The zero-order valence-corrected chi connectivity index (χ0v) is 8.19. The first kappa shape index (κ1) is 8.87. The highest BCUT2D eigenvalue weighted by atomic mass is 33.1. The van der Waals surface area contributed by atoms with E-state index < -0.39 is 0 Å². The van der Waals surface area contributed by atoms with Crippen molar-refractivity contribution in [3.05, 3.63) is 24.3 Å². The van der Waals surface area contributed by atoms with Gasteiger partial charge in [0.05, 0.1) is 10.4 Å². The van der Waals surface area contributed by atoms with Crippen LogP contribution in [0.2, 0.25) is 0 Å². The topological polar surface area (TPSA) is 25.8 Å². The quantitative estimate of drug-likeness (QED) is 0.567. The molecule has 0 atom stereocenters. The summed E-state index contributed by atoms with van der Waals surface area (Å²) in [6.07, 6.45) is 5.13. The molecule has 1 aromatic heterocycles. The Morgan fingerprint density at radius 2 is 2.18 bits per heavy atom. The van der Waals surface area contributed by atoms with E-state index in [1.54, 1.807) is 18.6 Å². The summed E-state index contributed by atoms with van der Waals surface area (Å²) in [6.45, 7) is 4.13. The van der Waals surface area contributed by atoms with Gasteiger partial charge in [-0.1, -0.05) is 10.8 Å². The minimum Gasteiger partial charge on any atom is -0.261 e. The lowest BCUT2D eigenvalue weighted by Crippen LogP contribution is -2.12. The van der Waals surface area contributed by atoms with Crippen molar-refractivity contribution in [2.75, 3.05) is 0 Å². The van der Waals surface area contributed by atoms with E-state index in [9.17, 15) is 0 Å². The van der Waals surface area contributed by atoms with E-state index in [1.807, 2.05) is 0 Å². The van der Waals surface area contributed by atoms with Crippen molar-refractivity contribution < 1.29 is 0 Å². The zero-order chi connectivity index (χ0) is 8.32. The summed E-state index contributed by atoms with van der Waals surface area (Å²) < 4.78 is -0.0582. The zero-order valence-electron chi connectivity index (χ0n) is 6.48. The first-order chi connectivity index (χ1) is 5.17. The second-order valence-corrected chi connectivity index (χ2v) is 4.44. The molecule has 1 heterocycles. The molecule has 0 aliphatic heterocycles. The molecule has 2 nitrogen and oxygen atoms in total. The van der Waals surface area contributed by atoms with Gasteiger partial charge in [0.25, 0.3) is 0 Å². The first-order valence-corrected chi connectivity index (χ1v) is 5.13. The predicted octanol–water partition coefficient (Wildman–Crippen LogP) is 2.29. The van der Waals surface area contributed by atoms with Crippen molar-refractivity contribution in [3.63, 3.8) is 0 Å². The molecule has 0 N–H and O–H groups in total. The van der Waals surface area contributed by atoms with Gasteiger partial charge in [0, 0.05) is 18.6 Å². The van der Waals surface area contributed by atoms with Crippen molar-refractivity contribution in [1.29, 1.82) is 0 Å². The number of aromatic nitrogens is 2. The maximum atomic E-state index is 4.19. The SMILES string of the molecule is CC(C)(SS)c1cnccn1. The van der Waals surface area contributed by atoms with Crippen molar-refractivity contribution in [3.8, 4) is 0 Å². The molecule has 0 bridgehead atoms. The van der Waals surface area contributed by atoms with Gasteiger partial charge in [0.15, 0.2) is 0 Å². The summed E-state index contributed by atoms with van der Waals surface area (Å²) in [6, 6.07) is 0. The number of nitrogens with zero attached hydrogens (tertiary/aromatic N) is 2. The van der Waals surface area contributed by atoms with E-state index in [-0.39, 0.29) is 4.75 Å². The van der Waals surface area contributed by atoms with Crippen LogP contribution in [0.25, 0.3) is 0 Å². The average Bonchev–Trinajstić information content (AvgIpc) is 2.06. The molecule has 0 aliphatic carbocycles. The standard InChI is InChI=1S/C7H10N2S2/c1-7(2,11-10)6-5-8-3-4-9-6/h3-5,10H,1-2H3. The summed E-state index contributed by atoms with van der Waals surface area (Å²) in [5, 5.41) is 0. The van der Waals surface area contributed by atoms with E-state index in [2.05, 4.69) is 35.5 Å². The average molecular weight is 186 g/mol. The van der Waals surface area contributed by atoms with Crippen LogP contribution in [0.5, 0.6) is 0 Å². The molecular weight excluding hydrogens is 176 g/mol. The molecular formula is C7H10N2S2. The predicted molar refractivity (Wildman–Crippen MR) is 51.6 cm³/mol. The van der Waals surface area contributed by atoms with E-state index in [0.29, 0.717) is 0 Å². The van der Waals surface area contributed by atoms with Gasteiger partial charge in [-0.2, -0.15) is 0 Å². The van der Waals surface area contributed by atoms with Gasteiger partial charge in [0.1, 0.15) is 0 Å².